The van der Waals surface area contributed by atoms with E-state index in [4.69, 9.17) is 9.47 Å². The zero-order valence-corrected chi connectivity index (χ0v) is 34.3. The Labute approximate surface area is 349 Å². The van der Waals surface area contributed by atoms with Crippen LogP contribution in [0.4, 0.5) is 0 Å². The summed E-state index contributed by atoms with van der Waals surface area (Å²) in [5, 5.41) is 1.89. The number of hydrogen-bond acceptors (Lipinski definition) is 6. The van der Waals surface area contributed by atoms with Gasteiger partial charge in [-0.25, -0.2) is 9.97 Å². The third-order valence-corrected chi connectivity index (χ3v) is 9.03. The van der Waals surface area contributed by atoms with Gasteiger partial charge in [-0.1, -0.05) is 101 Å². The van der Waals surface area contributed by atoms with Crippen LogP contribution in [0.1, 0.15) is 52.7 Å². The van der Waals surface area contributed by atoms with Crippen molar-refractivity contribution in [2.75, 3.05) is 0 Å². The molecular weight excluding hydrogens is 867 g/mol. The van der Waals surface area contributed by atoms with E-state index in [1.165, 1.54) is 0 Å². The Balaban J connectivity index is 0.00000257. The van der Waals surface area contributed by atoms with Gasteiger partial charge in [-0.15, -0.1) is 58.7 Å². The molecular formula is C46H37N5O2Pd2. The average molecular weight is 905 g/mol. The van der Waals surface area contributed by atoms with E-state index in [-0.39, 0.29) is 51.7 Å². The maximum atomic E-state index is 6.52. The van der Waals surface area contributed by atoms with Crippen molar-refractivity contribution in [1.29, 1.82) is 0 Å². The fraction of sp³-hybridized carbons (Fsp3) is 0.174. The molecule has 0 radical (unpaired) electrons. The summed E-state index contributed by atoms with van der Waals surface area (Å²) in [6.07, 6.45) is 7.01. The molecule has 0 N–H and O–H groups in total. The van der Waals surface area contributed by atoms with E-state index in [2.05, 4.69) is 97.9 Å². The van der Waals surface area contributed by atoms with E-state index in [0.717, 1.165) is 55.4 Å². The molecule has 0 bridgehead atoms. The van der Waals surface area contributed by atoms with Gasteiger partial charge in [-0.05, 0) is 40.4 Å². The van der Waals surface area contributed by atoms with E-state index < -0.39 is 0 Å². The van der Waals surface area contributed by atoms with Crippen LogP contribution in [-0.4, -0.2) is 24.5 Å². The third kappa shape index (κ3) is 8.47. The quantitative estimate of drug-likeness (QED) is 0.117. The number of ether oxygens (including phenoxy) is 2. The molecule has 278 valence electrons. The van der Waals surface area contributed by atoms with Crippen molar-refractivity contribution in [2.24, 2.45) is 0 Å². The van der Waals surface area contributed by atoms with Gasteiger partial charge in [0.25, 0.3) is 0 Å². The molecule has 7 nitrogen and oxygen atoms in total. The summed E-state index contributed by atoms with van der Waals surface area (Å²) in [6, 6.07) is 43.6. The Morgan fingerprint density at radius 2 is 0.909 bits per heavy atom. The molecule has 0 unspecified atom stereocenters. The van der Waals surface area contributed by atoms with Crippen LogP contribution in [0.5, 0.6) is 23.0 Å². The summed E-state index contributed by atoms with van der Waals surface area (Å²) in [5.41, 5.74) is 6.84. The van der Waals surface area contributed by atoms with Gasteiger partial charge in [0.1, 0.15) is 0 Å². The zero-order valence-electron chi connectivity index (χ0n) is 31.2. The Hall–Kier alpha value is -5.02. The Morgan fingerprint density at radius 3 is 1.31 bits per heavy atom. The predicted octanol–water partition coefficient (Wildman–Crippen LogP) is 11.1. The maximum Gasteiger partial charge on any atom is 2.00 e. The van der Waals surface area contributed by atoms with E-state index >= 15 is 0 Å². The Morgan fingerprint density at radius 1 is 0.473 bits per heavy atom. The fourth-order valence-corrected chi connectivity index (χ4v) is 6.17. The summed E-state index contributed by atoms with van der Waals surface area (Å²) >= 11 is 0. The number of hydrogen-bond donors (Lipinski definition) is 0. The SMILES string of the molecule is CC(C)(C)c1cc(Oc2[c-]c3c(cc2)c2ccc(Oc4[c-]c(-c5ccccn5)cc(C(C)(C)C)c4)[c-]c2n3-c2ncccn2)[c-]c(-c2ccccn2)c1.[Pd+2].[Pd+2]. The number of aromatic nitrogens is 5. The molecule has 0 saturated heterocycles. The van der Waals surface area contributed by atoms with Crippen LogP contribution >= 0.6 is 0 Å². The summed E-state index contributed by atoms with van der Waals surface area (Å²) < 4.78 is 15.0. The molecule has 0 aliphatic carbocycles. The Bertz CT molecular complexity index is 2420. The molecule has 8 rings (SSSR count). The van der Waals surface area contributed by atoms with Crippen LogP contribution in [-0.2, 0) is 51.7 Å². The minimum atomic E-state index is -0.122. The van der Waals surface area contributed by atoms with Crippen LogP contribution in [0.3, 0.4) is 0 Å². The van der Waals surface area contributed by atoms with Crippen molar-refractivity contribution in [2.45, 2.75) is 52.4 Å². The van der Waals surface area contributed by atoms with Gasteiger partial charge in [0, 0.05) is 47.8 Å². The number of rotatable bonds is 7. The van der Waals surface area contributed by atoms with Crippen LogP contribution in [0.25, 0.3) is 50.3 Å². The van der Waals surface area contributed by atoms with Crippen molar-refractivity contribution in [3.8, 4) is 51.5 Å². The molecule has 0 aliphatic heterocycles. The Kier molecular flexibility index (Phi) is 11.5. The van der Waals surface area contributed by atoms with Crippen LogP contribution < -0.4 is 9.47 Å². The molecule has 0 fully saturated rings. The van der Waals surface area contributed by atoms with Crippen LogP contribution in [0.15, 0.2) is 116 Å². The monoisotopic (exact) mass is 903 g/mol. The first-order chi connectivity index (χ1) is 25.5. The van der Waals surface area contributed by atoms with E-state index in [0.29, 0.717) is 28.9 Å². The zero-order chi connectivity index (χ0) is 36.7. The number of benzene rings is 4. The molecule has 0 amide bonds. The normalized spacial score (nSPS) is 11.5. The topological polar surface area (TPSA) is 75.0 Å². The summed E-state index contributed by atoms with van der Waals surface area (Å²) in [7, 11) is 0. The number of pyridine rings is 2. The number of nitrogens with zero attached hydrogens (tertiary/aromatic N) is 5. The van der Waals surface area contributed by atoms with Gasteiger partial charge >= 0.3 is 40.8 Å². The van der Waals surface area contributed by atoms with E-state index in [1.54, 1.807) is 30.9 Å². The standard InChI is InChI=1S/C46H37N5O2.2Pd/c1-45(2,3)32-22-30(40-12-7-9-18-47-40)24-36(26-32)52-34-14-16-38-39-17-15-35(29-43(39)51(42(38)28-34)44-49-20-11-21-50-44)53-37-25-31(41-13-8-10-19-48-41)23-33(27-37)46(4,5)6;;/h7-23,26-27H,1-6H3;;/q-4;2*+2. The molecule has 9 heteroatoms. The first kappa shape index (κ1) is 39.7. The molecule has 4 aromatic heterocycles. The number of fused-ring (bicyclic) bond motifs is 3. The van der Waals surface area contributed by atoms with Crippen LogP contribution in [0, 0.1) is 24.3 Å². The van der Waals surface area contributed by atoms with E-state index in [1.807, 2.05) is 77.4 Å². The fourth-order valence-electron chi connectivity index (χ4n) is 6.17. The second-order valence-corrected chi connectivity index (χ2v) is 15.0. The minimum absolute atomic E-state index is 0. The second kappa shape index (κ2) is 16.0. The first-order valence-electron chi connectivity index (χ1n) is 17.5. The molecule has 0 atom stereocenters. The van der Waals surface area contributed by atoms with Gasteiger partial charge in [0.15, 0.2) is 0 Å². The average Bonchev–Trinajstić information content (AvgIpc) is 3.47. The van der Waals surface area contributed by atoms with Gasteiger partial charge < -0.3 is 24.0 Å². The van der Waals surface area contributed by atoms with Crippen molar-refractivity contribution in [3.05, 3.63) is 151 Å². The predicted molar refractivity (Wildman–Crippen MR) is 209 cm³/mol. The van der Waals surface area contributed by atoms with Crippen molar-refractivity contribution in [3.63, 3.8) is 0 Å². The minimum Gasteiger partial charge on any atom is -0.503 e. The molecule has 0 aliphatic rings. The summed E-state index contributed by atoms with van der Waals surface area (Å²) in [5.74, 6) is 2.69. The maximum absolute atomic E-state index is 6.52. The molecule has 0 spiro atoms. The molecule has 55 heavy (non-hydrogen) atoms. The molecule has 4 aromatic carbocycles. The van der Waals surface area contributed by atoms with E-state index in [9.17, 15) is 0 Å². The summed E-state index contributed by atoms with van der Waals surface area (Å²) in [4.78, 5) is 18.4. The van der Waals surface area contributed by atoms with Gasteiger partial charge in [0.05, 0.1) is 0 Å². The van der Waals surface area contributed by atoms with Crippen LogP contribution in [0.2, 0.25) is 0 Å². The summed E-state index contributed by atoms with van der Waals surface area (Å²) in [6.45, 7) is 13.1. The first-order valence-corrected chi connectivity index (χ1v) is 17.5. The van der Waals surface area contributed by atoms with Gasteiger partial charge in [0.2, 0.25) is 5.95 Å². The molecule has 8 aromatic rings. The van der Waals surface area contributed by atoms with Gasteiger partial charge in [-0.2, -0.15) is 22.9 Å². The third-order valence-electron chi connectivity index (χ3n) is 9.03. The largest absolute Gasteiger partial charge is 2.00 e. The van der Waals surface area contributed by atoms with Crippen molar-refractivity contribution in [1.82, 2.24) is 24.5 Å². The van der Waals surface area contributed by atoms with Crippen molar-refractivity contribution < 1.29 is 50.3 Å². The molecule has 4 heterocycles. The smallest absolute Gasteiger partial charge is 0.503 e. The molecule has 0 saturated carbocycles. The van der Waals surface area contributed by atoms with Crippen molar-refractivity contribution >= 4 is 21.8 Å². The van der Waals surface area contributed by atoms with Gasteiger partial charge in [-0.3, -0.25) is 0 Å². The second-order valence-electron chi connectivity index (χ2n) is 15.0.